The molecule has 0 aromatic rings. The van der Waals surface area contributed by atoms with Gasteiger partial charge in [0.1, 0.15) is 6.61 Å². The van der Waals surface area contributed by atoms with E-state index in [1.54, 1.807) is 13.8 Å². The molecule has 0 bridgehead atoms. The van der Waals surface area contributed by atoms with Gasteiger partial charge in [-0.2, -0.15) is 0 Å². The number of nitrogens with one attached hydrogen (secondary N) is 1. The number of carbonyl (C=O) groups is 2. The predicted molar refractivity (Wildman–Crippen MR) is 57.2 cm³/mol. The van der Waals surface area contributed by atoms with E-state index in [0.717, 1.165) is 6.08 Å². The summed E-state index contributed by atoms with van der Waals surface area (Å²) in [4.78, 5) is 21.9. The molecule has 1 amide bonds. The lowest BCUT2D eigenvalue weighted by atomic mass is 10.2. The predicted octanol–water partition coefficient (Wildman–Crippen LogP) is 1.01. The van der Waals surface area contributed by atoms with Gasteiger partial charge in [-0.25, -0.2) is 4.79 Å². The standard InChI is InChI=1S/C9H14BrNO3/c1-4-7(12)14-6-5-11-8(13)9(2,3)10/h4H,1,5-6H2,2-3H3,(H,11,13). The quantitative estimate of drug-likeness (QED) is 0.349. The van der Waals surface area contributed by atoms with Crippen molar-refractivity contribution in [2.75, 3.05) is 13.2 Å². The van der Waals surface area contributed by atoms with Gasteiger partial charge >= 0.3 is 5.97 Å². The van der Waals surface area contributed by atoms with Crippen molar-refractivity contribution in [3.63, 3.8) is 0 Å². The molecular formula is C9H14BrNO3. The highest BCUT2D eigenvalue weighted by molar-refractivity contribution is 9.10. The molecule has 0 rings (SSSR count). The molecule has 5 heteroatoms. The average molecular weight is 264 g/mol. The first-order valence-corrected chi connectivity index (χ1v) is 4.93. The van der Waals surface area contributed by atoms with Crippen LogP contribution in [0.5, 0.6) is 0 Å². The van der Waals surface area contributed by atoms with Crippen molar-refractivity contribution in [3.05, 3.63) is 12.7 Å². The van der Waals surface area contributed by atoms with Crippen molar-refractivity contribution in [3.8, 4) is 0 Å². The largest absolute Gasteiger partial charge is 0.461 e. The lowest BCUT2D eigenvalue weighted by Crippen LogP contribution is -2.39. The van der Waals surface area contributed by atoms with Crippen LogP contribution in [0.3, 0.4) is 0 Å². The molecule has 0 aliphatic heterocycles. The number of hydrogen-bond acceptors (Lipinski definition) is 3. The third kappa shape index (κ3) is 5.75. The van der Waals surface area contributed by atoms with E-state index in [-0.39, 0.29) is 12.5 Å². The van der Waals surface area contributed by atoms with Crippen LogP contribution in [0.1, 0.15) is 13.8 Å². The Morgan fingerprint density at radius 2 is 2.14 bits per heavy atom. The Hall–Kier alpha value is -0.840. The van der Waals surface area contributed by atoms with Crippen LogP contribution in [0.15, 0.2) is 12.7 Å². The summed E-state index contributed by atoms with van der Waals surface area (Å²) in [6.45, 7) is 7.16. The van der Waals surface area contributed by atoms with E-state index in [1.807, 2.05) is 0 Å². The maximum Gasteiger partial charge on any atom is 0.330 e. The second-order valence-corrected chi connectivity index (χ2v) is 5.08. The minimum absolute atomic E-state index is 0.146. The zero-order valence-electron chi connectivity index (χ0n) is 8.30. The Morgan fingerprint density at radius 3 is 2.57 bits per heavy atom. The van der Waals surface area contributed by atoms with Gasteiger partial charge < -0.3 is 10.1 Å². The van der Waals surface area contributed by atoms with E-state index in [1.165, 1.54) is 0 Å². The zero-order chi connectivity index (χ0) is 11.2. The fraction of sp³-hybridized carbons (Fsp3) is 0.556. The van der Waals surface area contributed by atoms with Crippen molar-refractivity contribution < 1.29 is 14.3 Å². The van der Waals surface area contributed by atoms with Gasteiger partial charge in [0.25, 0.3) is 0 Å². The highest BCUT2D eigenvalue weighted by Crippen LogP contribution is 2.14. The summed E-state index contributed by atoms with van der Waals surface area (Å²) in [5, 5.41) is 2.60. The molecule has 80 valence electrons. The Morgan fingerprint density at radius 1 is 1.57 bits per heavy atom. The summed E-state index contributed by atoms with van der Waals surface area (Å²) in [5.41, 5.74) is 0. The molecule has 0 aromatic heterocycles. The van der Waals surface area contributed by atoms with Crippen molar-refractivity contribution in [2.24, 2.45) is 0 Å². The van der Waals surface area contributed by atoms with Crippen molar-refractivity contribution in [1.29, 1.82) is 0 Å². The monoisotopic (exact) mass is 263 g/mol. The van der Waals surface area contributed by atoms with Crippen LogP contribution in [0, 0.1) is 0 Å². The molecule has 0 saturated carbocycles. The number of rotatable bonds is 5. The Bertz CT molecular complexity index is 233. The third-order valence-corrected chi connectivity index (χ3v) is 1.70. The lowest BCUT2D eigenvalue weighted by molar-refractivity contribution is -0.138. The van der Waals surface area contributed by atoms with Gasteiger partial charge in [0, 0.05) is 6.08 Å². The SMILES string of the molecule is C=CC(=O)OCCNC(=O)C(C)(C)Br. The molecule has 0 fully saturated rings. The second-order valence-electron chi connectivity index (χ2n) is 3.10. The van der Waals surface area contributed by atoms with Gasteiger partial charge in [-0.05, 0) is 13.8 Å². The first-order chi connectivity index (χ1) is 6.38. The van der Waals surface area contributed by atoms with E-state index < -0.39 is 10.3 Å². The highest BCUT2D eigenvalue weighted by Gasteiger charge is 2.22. The van der Waals surface area contributed by atoms with E-state index >= 15 is 0 Å². The van der Waals surface area contributed by atoms with Gasteiger partial charge in [-0.15, -0.1) is 0 Å². The Balaban J connectivity index is 3.61. The molecule has 0 aliphatic carbocycles. The van der Waals surface area contributed by atoms with Crippen molar-refractivity contribution in [2.45, 2.75) is 18.2 Å². The summed E-state index contributed by atoms with van der Waals surface area (Å²) >= 11 is 3.20. The van der Waals surface area contributed by atoms with Crippen molar-refractivity contribution in [1.82, 2.24) is 5.32 Å². The van der Waals surface area contributed by atoms with Crippen LogP contribution in [-0.2, 0) is 14.3 Å². The minimum atomic E-state index is -0.602. The Kier molecular flexibility index (Phi) is 5.45. The topological polar surface area (TPSA) is 55.4 Å². The highest BCUT2D eigenvalue weighted by atomic mass is 79.9. The molecular weight excluding hydrogens is 250 g/mol. The van der Waals surface area contributed by atoms with Crippen LogP contribution in [0.4, 0.5) is 0 Å². The average Bonchev–Trinajstić information content (AvgIpc) is 2.09. The molecule has 0 aromatic carbocycles. The van der Waals surface area contributed by atoms with E-state index in [9.17, 15) is 9.59 Å². The molecule has 0 heterocycles. The molecule has 14 heavy (non-hydrogen) atoms. The van der Waals surface area contributed by atoms with Crippen LogP contribution in [-0.4, -0.2) is 29.4 Å². The molecule has 0 atom stereocenters. The number of hydrogen-bond donors (Lipinski definition) is 1. The van der Waals surface area contributed by atoms with E-state index in [4.69, 9.17) is 0 Å². The fourth-order valence-corrected chi connectivity index (χ4v) is 0.725. The summed E-state index contributed by atoms with van der Waals surface area (Å²) in [7, 11) is 0. The summed E-state index contributed by atoms with van der Waals surface area (Å²) in [6, 6.07) is 0. The maximum absolute atomic E-state index is 11.3. The molecule has 0 saturated heterocycles. The molecule has 0 radical (unpaired) electrons. The van der Waals surface area contributed by atoms with Gasteiger partial charge in [-0.1, -0.05) is 22.5 Å². The first kappa shape index (κ1) is 13.2. The van der Waals surface area contributed by atoms with Gasteiger partial charge in [0.2, 0.25) is 5.91 Å². The number of ether oxygens (including phenoxy) is 1. The first-order valence-electron chi connectivity index (χ1n) is 4.14. The molecule has 4 nitrogen and oxygen atoms in total. The number of alkyl halides is 1. The minimum Gasteiger partial charge on any atom is -0.461 e. The molecule has 1 N–H and O–H groups in total. The van der Waals surface area contributed by atoms with Crippen LogP contribution in [0.25, 0.3) is 0 Å². The lowest BCUT2D eigenvalue weighted by Gasteiger charge is -2.15. The van der Waals surface area contributed by atoms with Gasteiger partial charge in [0.05, 0.1) is 10.9 Å². The fourth-order valence-electron chi connectivity index (χ4n) is 0.585. The van der Waals surface area contributed by atoms with Gasteiger partial charge in [0.15, 0.2) is 0 Å². The smallest absolute Gasteiger partial charge is 0.330 e. The molecule has 0 spiro atoms. The Labute approximate surface area is 91.8 Å². The van der Waals surface area contributed by atoms with E-state index in [2.05, 4.69) is 32.6 Å². The summed E-state index contributed by atoms with van der Waals surface area (Å²) in [6.07, 6.45) is 1.08. The normalized spacial score (nSPS) is 10.5. The summed E-state index contributed by atoms with van der Waals surface area (Å²) < 4.78 is 4.07. The summed E-state index contributed by atoms with van der Waals surface area (Å²) in [5.74, 6) is -0.635. The molecule has 0 unspecified atom stereocenters. The van der Waals surface area contributed by atoms with Crippen LogP contribution >= 0.6 is 15.9 Å². The van der Waals surface area contributed by atoms with Crippen LogP contribution in [0.2, 0.25) is 0 Å². The van der Waals surface area contributed by atoms with Crippen molar-refractivity contribution >= 4 is 27.8 Å². The zero-order valence-corrected chi connectivity index (χ0v) is 9.89. The second kappa shape index (κ2) is 5.80. The van der Waals surface area contributed by atoms with E-state index in [0.29, 0.717) is 6.54 Å². The third-order valence-electron chi connectivity index (χ3n) is 1.34. The molecule has 0 aliphatic rings. The maximum atomic E-state index is 11.3. The number of halogens is 1. The van der Waals surface area contributed by atoms with Crippen LogP contribution < -0.4 is 5.32 Å². The van der Waals surface area contributed by atoms with Gasteiger partial charge in [-0.3, -0.25) is 4.79 Å². The number of esters is 1. The number of carbonyl (C=O) groups excluding carboxylic acids is 2. The number of amides is 1.